The summed E-state index contributed by atoms with van der Waals surface area (Å²) in [5, 5.41) is 10.6. The van der Waals surface area contributed by atoms with E-state index in [-0.39, 0.29) is 25.7 Å². The fourth-order valence-electron chi connectivity index (χ4n) is 11.9. The standard InChI is InChI=1S/C77H150O17P2/c1-6-9-12-15-18-20-22-24-26-28-30-32-34-38-42-47-52-57-62-76(81)94-73(67-88-75(80)61-56-51-46-41-37-33-31-29-27-25-23-21-19-16-13-10-7-2)69-92-96(85,86)90-65-71(78)64-89-95(83,84)91-68-72(66-87-74(79)60-55-50-44-17-14-11-8-3)93-77(82)63-58-53-48-43-39-35-36-40-45-49-54-59-70(4)5/h70-73,78H,6-69H2,1-5H3,(H,83,84)(H,85,86)/t71-,72+,73+/m0/s1. The molecule has 0 heterocycles. The molecule has 0 fully saturated rings. The molecule has 96 heavy (non-hydrogen) atoms. The summed E-state index contributed by atoms with van der Waals surface area (Å²) < 4.78 is 68.5. The molecule has 0 aliphatic heterocycles. The number of aliphatic hydroxyl groups is 1. The molecule has 2 unspecified atom stereocenters. The Kier molecular flexibility index (Phi) is 68.7. The monoisotopic (exact) mass is 1410 g/mol. The molecule has 0 rings (SSSR count). The van der Waals surface area contributed by atoms with Crippen molar-refractivity contribution in [2.24, 2.45) is 5.92 Å². The minimum Gasteiger partial charge on any atom is -0.462 e. The average Bonchev–Trinajstić information content (AvgIpc) is 1.44. The Labute approximate surface area is 588 Å². The van der Waals surface area contributed by atoms with Crippen LogP contribution in [-0.4, -0.2) is 96.7 Å². The Morgan fingerprint density at radius 2 is 0.479 bits per heavy atom. The van der Waals surface area contributed by atoms with Crippen LogP contribution in [0.4, 0.5) is 0 Å². The first-order valence-electron chi connectivity index (χ1n) is 40.1. The first-order chi connectivity index (χ1) is 46.5. The average molecular weight is 1410 g/mol. The molecule has 0 radical (unpaired) electrons. The summed E-state index contributed by atoms with van der Waals surface area (Å²) in [6.07, 6.45) is 59.8. The van der Waals surface area contributed by atoms with Crippen LogP contribution >= 0.6 is 15.6 Å². The molecule has 0 aromatic heterocycles. The normalized spacial score (nSPS) is 13.9. The number of carbonyl (C=O) groups excluding carboxylic acids is 4. The number of aliphatic hydroxyl groups excluding tert-OH is 1. The van der Waals surface area contributed by atoms with Gasteiger partial charge in [0.1, 0.15) is 19.3 Å². The van der Waals surface area contributed by atoms with Gasteiger partial charge in [0, 0.05) is 25.7 Å². The number of phosphoric ester groups is 2. The van der Waals surface area contributed by atoms with Gasteiger partial charge in [-0.3, -0.25) is 37.3 Å². The van der Waals surface area contributed by atoms with Crippen LogP contribution in [0.3, 0.4) is 0 Å². The maximum Gasteiger partial charge on any atom is 0.472 e. The topological polar surface area (TPSA) is 237 Å². The lowest BCUT2D eigenvalue weighted by atomic mass is 10.0. The van der Waals surface area contributed by atoms with Crippen molar-refractivity contribution in [2.45, 2.75) is 425 Å². The van der Waals surface area contributed by atoms with Crippen LogP contribution in [0.15, 0.2) is 0 Å². The van der Waals surface area contributed by atoms with Crippen LogP contribution in [0.1, 0.15) is 407 Å². The van der Waals surface area contributed by atoms with Gasteiger partial charge in [0.2, 0.25) is 0 Å². The van der Waals surface area contributed by atoms with Crippen LogP contribution in [-0.2, 0) is 65.4 Å². The van der Waals surface area contributed by atoms with Crippen molar-refractivity contribution in [3.63, 3.8) is 0 Å². The number of unbranched alkanes of at least 4 members (excludes halogenated alkanes) is 49. The molecule has 0 aromatic carbocycles. The molecule has 19 heteroatoms. The molecule has 0 aromatic rings. The Bertz CT molecular complexity index is 1840. The van der Waals surface area contributed by atoms with Gasteiger partial charge in [-0.1, -0.05) is 356 Å². The lowest BCUT2D eigenvalue weighted by molar-refractivity contribution is -0.161. The van der Waals surface area contributed by atoms with Crippen LogP contribution in [0, 0.1) is 5.92 Å². The highest BCUT2D eigenvalue weighted by molar-refractivity contribution is 7.47. The van der Waals surface area contributed by atoms with E-state index in [1.807, 2.05) is 0 Å². The fourth-order valence-corrected chi connectivity index (χ4v) is 13.5. The van der Waals surface area contributed by atoms with Crippen molar-refractivity contribution in [3.8, 4) is 0 Å². The molecule has 0 aliphatic carbocycles. The van der Waals surface area contributed by atoms with E-state index < -0.39 is 97.5 Å². The highest BCUT2D eigenvalue weighted by atomic mass is 31.2. The zero-order valence-electron chi connectivity index (χ0n) is 62.5. The van der Waals surface area contributed by atoms with E-state index in [1.165, 1.54) is 218 Å². The summed E-state index contributed by atoms with van der Waals surface area (Å²) in [5.41, 5.74) is 0. The van der Waals surface area contributed by atoms with Crippen molar-refractivity contribution in [2.75, 3.05) is 39.6 Å². The van der Waals surface area contributed by atoms with E-state index in [2.05, 4.69) is 34.6 Å². The Morgan fingerprint density at radius 3 is 0.708 bits per heavy atom. The summed E-state index contributed by atoms with van der Waals surface area (Å²) >= 11 is 0. The van der Waals surface area contributed by atoms with E-state index in [0.29, 0.717) is 25.7 Å². The van der Waals surface area contributed by atoms with Crippen LogP contribution in [0.2, 0.25) is 0 Å². The Hall–Kier alpha value is -1.94. The van der Waals surface area contributed by atoms with Crippen molar-refractivity contribution < 1.29 is 80.2 Å². The van der Waals surface area contributed by atoms with Gasteiger partial charge < -0.3 is 33.8 Å². The van der Waals surface area contributed by atoms with E-state index in [1.54, 1.807) is 0 Å². The highest BCUT2D eigenvalue weighted by Crippen LogP contribution is 2.45. The zero-order chi connectivity index (χ0) is 70.5. The van der Waals surface area contributed by atoms with E-state index in [0.717, 1.165) is 109 Å². The molecule has 0 aliphatic rings. The predicted octanol–water partition coefficient (Wildman–Crippen LogP) is 22.9. The molecule has 0 spiro atoms. The lowest BCUT2D eigenvalue weighted by Crippen LogP contribution is -2.30. The number of hydrogen-bond donors (Lipinski definition) is 3. The fraction of sp³-hybridized carbons (Fsp3) is 0.948. The molecule has 570 valence electrons. The number of carbonyl (C=O) groups is 4. The summed E-state index contributed by atoms with van der Waals surface area (Å²) in [4.78, 5) is 72.7. The van der Waals surface area contributed by atoms with Gasteiger partial charge in [-0.25, -0.2) is 9.13 Å². The van der Waals surface area contributed by atoms with E-state index >= 15 is 0 Å². The third kappa shape index (κ3) is 70.5. The third-order valence-corrected chi connectivity index (χ3v) is 19.9. The highest BCUT2D eigenvalue weighted by Gasteiger charge is 2.30. The SMILES string of the molecule is CCCCCCCCCCCCCCCCCCCCC(=O)O[C@H](COC(=O)CCCCCCCCCCCCCCCCCCC)COP(=O)(O)OC[C@@H](O)COP(=O)(O)OC[C@@H](COC(=O)CCCCCCCCC)OC(=O)CCCCCCCCCCCCCC(C)C. The molecular weight excluding hydrogens is 1260 g/mol. The maximum atomic E-state index is 13.1. The smallest absolute Gasteiger partial charge is 0.462 e. The Balaban J connectivity index is 5.19. The van der Waals surface area contributed by atoms with Crippen LogP contribution in [0.5, 0.6) is 0 Å². The molecule has 0 amide bonds. The van der Waals surface area contributed by atoms with Crippen LogP contribution < -0.4 is 0 Å². The molecule has 0 saturated carbocycles. The third-order valence-electron chi connectivity index (χ3n) is 18.0. The quantitative estimate of drug-likeness (QED) is 0.0222. The molecule has 17 nitrogen and oxygen atoms in total. The van der Waals surface area contributed by atoms with Crippen molar-refractivity contribution in [1.29, 1.82) is 0 Å². The minimum atomic E-state index is -4.96. The number of rotatable bonds is 77. The van der Waals surface area contributed by atoms with Gasteiger partial charge in [0.15, 0.2) is 12.2 Å². The number of hydrogen-bond acceptors (Lipinski definition) is 15. The van der Waals surface area contributed by atoms with E-state index in [9.17, 15) is 43.2 Å². The molecule has 3 N–H and O–H groups in total. The van der Waals surface area contributed by atoms with Gasteiger partial charge in [-0.2, -0.15) is 0 Å². The Morgan fingerprint density at radius 1 is 0.281 bits per heavy atom. The maximum absolute atomic E-state index is 13.1. The second-order valence-corrected chi connectivity index (χ2v) is 31.1. The van der Waals surface area contributed by atoms with Crippen molar-refractivity contribution in [1.82, 2.24) is 0 Å². The molecular formula is C77H150O17P2. The van der Waals surface area contributed by atoms with Gasteiger partial charge in [0.25, 0.3) is 0 Å². The number of phosphoric acid groups is 2. The van der Waals surface area contributed by atoms with Gasteiger partial charge >= 0.3 is 39.5 Å². The largest absolute Gasteiger partial charge is 0.472 e. The molecule has 5 atom stereocenters. The van der Waals surface area contributed by atoms with Gasteiger partial charge in [-0.05, 0) is 31.6 Å². The second kappa shape index (κ2) is 70.1. The number of esters is 4. The van der Waals surface area contributed by atoms with Gasteiger partial charge in [0.05, 0.1) is 26.4 Å². The minimum absolute atomic E-state index is 0.106. The van der Waals surface area contributed by atoms with E-state index in [4.69, 9.17) is 37.0 Å². The predicted molar refractivity (Wildman–Crippen MR) is 391 cm³/mol. The summed E-state index contributed by atoms with van der Waals surface area (Å²) in [6, 6.07) is 0. The molecule has 0 saturated heterocycles. The van der Waals surface area contributed by atoms with Crippen molar-refractivity contribution in [3.05, 3.63) is 0 Å². The second-order valence-electron chi connectivity index (χ2n) is 28.2. The zero-order valence-corrected chi connectivity index (χ0v) is 64.3. The molecule has 0 bridgehead atoms. The van der Waals surface area contributed by atoms with Crippen molar-refractivity contribution >= 4 is 39.5 Å². The summed E-state index contributed by atoms with van der Waals surface area (Å²) in [5.74, 6) is -1.35. The summed E-state index contributed by atoms with van der Waals surface area (Å²) in [6.45, 7) is 7.26. The number of ether oxygens (including phenoxy) is 4. The van der Waals surface area contributed by atoms with Crippen LogP contribution in [0.25, 0.3) is 0 Å². The first kappa shape index (κ1) is 94.1. The lowest BCUT2D eigenvalue weighted by Gasteiger charge is -2.21. The summed E-state index contributed by atoms with van der Waals surface area (Å²) in [7, 11) is -9.91. The first-order valence-corrected chi connectivity index (χ1v) is 43.1. The van der Waals surface area contributed by atoms with Gasteiger partial charge in [-0.15, -0.1) is 0 Å².